The summed E-state index contributed by atoms with van der Waals surface area (Å²) in [7, 11) is 1.72. The number of hydrogen-bond acceptors (Lipinski definition) is 2. The number of carbonyl (C=O) groups excluding carboxylic acids is 1. The van der Waals surface area contributed by atoms with Gasteiger partial charge in [0.05, 0.1) is 11.5 Å². The Morgan fingerprint density at radius 1 is 1.12 bits per heavy atom. The van der Waals surface area contributed by atoms with Crippen LogP contribution in [0, 0.1) is 22.2 Å². The van der Waals surface area contributed by atoms with Gasteiger partial charge in [-0.3, -0.25) is 4.79 Å². The molecule has 0 spiro atoms. The van der Waals surface area contributed by atoms with Crippen LogP contribution in [-0.2, 0) is 9.53 Å². The Bertz CT molecular complexity index is 637. The first kappa shape index (κ1) is 17.1. The minimum Gasteiger partial charge on any atom is -0.375 e. The number of rotatable bonds is 5. The van der Waals surface area contributed by atoms with Gasteiger partial charge in [-0.05, 0) is 60.8 Å². The zero-order valence-corrected chi connectivity index (χ0v) is 15.8. The fourth-order valence-corrected chi connectivity index (χ4v) is 7.08. The second-order valence-corrected chi connectivity index (χ2v) is 9.76. The first-order valence-corrected chi connectivity index (χ1v) is 9.72. The molecule has 0 radical (unpaired) electrons. The highest BCUT2D eigenvalue weighted by molar-refractivity contribution is 5.83. The van der Waals surface area contributed by atoms with Gasteiger partial charge in [0, 0.05) is 13.7 Å². The highest BCUT2D eigenvalue weighted by Gasteiger charge is 2.62. The molecule has 3 heteroatoms. The van der Waals surface area contributed by atoms with Crippen LogP contribution >= 0.6 is 0 Å². The minimum absolute atomic E-state index is 0.0785. The van der Waals surface area contributed by atoms with Gasteiger partial charge in [0.1, 0.15) is 0 Å². The molecule has 3 nitrogen and oxygen atoms in total. The van der Waals surface area contributed by atoms with Gasteiger partial charge in [0.15, 0.2) is 0 Å². The molecule has 25 heavy (non-hydrogen) atoms. The molecule has 4 saturated carbocycles. The second-order valence-electron chi connectivity index (χ2n) is 9.76. The third-order valence-corrected chi connectivity index (χ3v) is 7.01. The summed E-state index contributed by atoms with van der Waals surface area (Å²) in [5, 5.41) is 3.26. The quantitative estimate of drug-likeness (QED) is 0.857. The summed E-state index contributed by atoms with van der Waals surface area (Å²) in [6, 6.07) is 10.2. The van der Waals surface area contributed by atoms with Crippen LogP contribution in [0.15, 0.2) is 30.3 Å². The van der Waals surface area contributed by atoms with E-state index in [-0.39, 0.29) is 17.4 Å². The summed E-state index contributed by atoms with van der Waals surface area (Å²) in [4.78, 5) is 13.3. The van der Waals surface area contributed by atoms with Gasteiger partial charge in [-0.1, -0.05) is 44.2 Å². The van der Waals surface area contributed by atoms with E-state index in [1.807, 2.05) is 18.2 Å². The van der Waals surface area contributed by atoms with Crippen LogP contribution in [-0.4, -0.2) is 19.6 Å². The lowest BCUT2D eigenvalue weighted by molar-refractivity contribution is -0.170. The number of ether oxygens (including phenoxy) is 1. The Kier molecular flexibility index (Phi) is 3.99. The molecule has 5 rings (SSSR count). The highest BCUT2D eigenvalue weighted by Crippen LogP contribution is 2.69. The van der Waals surface area contributed by atoms with E-state index in [1.54, 1.807) is 7.11 Å². The normalized spacial score (nSPS) is 40.0. The Morgan fingerprint density at radius 3 is 2.32 bits per heavy atom. The van der Waals surface area contributed by atoms with Crippen molar-refractivity contribution >= 4 is 5.91 Å². The SMILES string of the molecule is COC(CNC(=O)C12CC3CC(C)(CC(C)(C3)C1)C2)c1ccccc1. The van der Waals surface area contributed by atoms with Crippen LogP contribution in [0.25, 0.3) is 0 Å². The van der Waals surface area contributed by atoms with Gasteiger partial charge in [-0.25, -0.2) is 0 Å². The van der Waals surface area contributed by atoms with Crippen molar-refractivity contribution in [3.63, 3.8) is 0 Å². The van der Waals surface area contributed by atoms with Gasteiger partial charge in [0.2, 0.25) is 5.91 Å². The van der Waals surface area contributed by atoms with Crippen LogP contribution in [0.3, 0.4) is 0 Å². The molecule has 3 atom stereocenters. The van der Waals surface area contributed by atoms with Crippen LogP contribution < -0.4 is 5.32 Å². The molecular weight excluding hydrogens is 310 g/mol. The molecule has 136 valence electrons. The maximum Gasteiger partial charge on any atom is 0.226 e. The molecule has 0 aromatic heterocycles. The van der Waals surface area contributed by atoms with E-state index in [0.717, 1.165) is 30.7 Å². The van der Waals surface area contributed by atoms with Gasteiger partial charge in [-0.15, -0.1) is 0 Å². The summed E-state index contributed by atoms with van der Waals surface area (Å²) >= 11 is 0. The predicted octanol–water partition coefficient (Wildman–Crippen LogP) is 4.49. The van der Waals surface area contributed by atoms with E-state index in [2.05, 4.69) is 31.3 Å². The number of benzene rings is 1. The van der Waals surface area contributed by atoms with Crippen LogP contribution in [0.1, 0.15) is 64.0 Å². The Hall–Kier alpha value is -1.35. The van der Waals surface area contributed by atoms with Crippen molar-refractivity contribution in [2.24, 2.45) is 22.2 Å². The van der Waals surface area contributed by atoms with Crippen LogP contribution in [0.2, 0.25) is 0 Å². The van der Waals surface area contributed by atoms with Gasteiger partial charge >= 0.3 is 0 Å². The molecule has 4 aliphatic rings. The molecule has 0 heterocycles. The minimum atomic E-state index is -0.141. The third kappa shape index (κ3) is 3.01. The summed E-state index contributed by atoms with van der Waals surface area (Å²) in [5.74, 6) is 1.01. The van der Waals surface area contributed by atoms with E-state index >= 15 is 0 Å². The van der Waals surface area contributed by atoms with Crippen molar-refractivity contribution in [3.05, 3.63) is 35.9 Å². The maximum atomic E-state index is 13.3. The smallest absolute Gasteiger partial charge is 0.226 e. The molecule has 1 aromatic carbocycles. The monoisotopic (exact) mass is 341 g/mol. The van der Waals surface area contributed by atoms with E-state index in [1.165, 1.54) is 19.3 Å². The standard InChI is InChI=1S/C22H31NO2/c1-20-9-16-10-21(2,13-20)15-22(11-16,14-20)19(24)23-12-18(25-3)17-7-5-4-6-8-17/h4-8,16,18H,9-15H2,1-3H3,(H,23,24). The summed E-state index contributed by atoms with van der Waals surface area (Å²) in [6.45, 7) is 5.39. The van der Waals surface area contributed by atoms with Gasteiger partial charge in [0.25, 0.3) is 0 Å². The second kappa shape index (κ2) is 5.84. The number of hydrogen-bond donors (Lipinski definition) is 1. The Balaban J connectivity index is 1.48. The first-order valence-electron chi connectivity index (χ1n) is 9.72. The van der Waals surface area contributed by atoms with E-state index in [9.17, 15) is 4.79 Å². The number of nitrogens with one attached hydrogen (secondary N) is 1. The first-order chi connectivity index (χ1) is 11.9. The zero-order valence-electron chi connectivity index (χ0n) is 15.8. The number of methoxy groups -OCH3 is 1. The molecular formula is C22H31NO2. The Morgan fingerprint density at radius 2 is 1.76 bits per heavy atom. The lowest BCUT2D eigenvalue weighted by atomic mass is 9.40. The summed E-state index contributed by atoms with van der Waals surface area (Å²) in [5.41, 5.74) is 1.71. The van der Waals surface area contributed by atoms with Crippen molar-refractivity contribution in [2.45, 2.75) is 58.5 Å². The Labute approximate surface area is 151 Å². The van der Waals surface area contributed by atoms with Crippen molar-refractivity contribution in [3.8, 4) is 0 Å². The third-order valence-electron chi connectivity index (χ3n) is 7.01. The summed E-state index contributed by atoms with van der Waals surface area (Å²) < 4.78 is 5.63. The number of carbonyl (C=O) groups is 1. The van der Waals surface area contributed by atoms with Crippen LogP contribution in [0.4, 0.5) is 0 Å². The summed E-state index contributed by atoms with van der Waals surface area (Å²) in [6.07, 6.45) is 7.10. The van der Waals surface area contributed by atoms with Crippen molar-refractivity contribution in [2.75, 3.05) is 13.7 Å². The molecule has 1 N–H and O–H groups in total. The molecule has 4 fully saturated rings. The fourth-order valence-electron chi connectivity index (χ4n) is 7.08. The van der Waals surface area contributed by atoms with E-state index in [0.29, 0.717) is 17.4 Å². The molecule has 1 amide bonds. The lowest BCUT2D eigenvalue weighted by Crippen LogP contribution is -2.60. The van der Waals surface area contributed by atoms with E-state index in [4.69, 9.17) is 4.74 Å². The molecule has 4 bridgehead atoms. The van der Waals surface area contributed by atoms with Crippen LogP contribution in [0.5, 0.6) is 0 Å². The average molecular weight is 341 g/mol. The van der Waals surface area contributed by atoms with Gasteiger partial charge in [-0.2, -0.15) is 0 Å². The lowest BCUT2D eigenvalue weighted by Gasteiger charge is -2.64. The number of amides is 1. The highest BCUT2D eigenvalue weighted by atomic mass is 16.5. The average Bonchev–Trinajstić information content (AvgIpc) is 2.53. The molecule has 1 aromatic rings. The molecule has 3 unspecified atom stereocenters. The molecule has 0 aliphatic heterocycles. The molecule has 4 aliphatic carbocycles. The fraction of sp³-hybridized carbons (Fsp3) is 0.682. The van der Waals surface area contributed by atoms with Crippen molar-refractivity contribution in [1.29, 1.82) is 0 Å². The van der Waals surface area contributed by atoms with Crippen molar-refractivity contribution < 1.29 is 9.53 Å². The zero-order chi connectivity index (χ0) is 17.7. The maximum absolute atomic E-state index is 13.3. The van der Waals surface area contributed by atoms with Gasteiger partial charge < -0.3 is 10.1 Å². The predicted molar refractivity (Wildman–Crippen MR) is 99.0 cm³/mol. The largest absolute Gasteiger partial charge is 0.375 e. The molecule has 0 saturated heterocycles. The topological polar surface area (TPSA) is 38.3 Å². The van der Waals surface area contributed by atoms with Crippen molar-refractivity contribution in [1.82, 2.24) is 5.32 Å². The van der Waals surface area contributed by atoms with E-state index < -0.39 is 0 Å².